The predicted molar refractivity (Wildman–Crippen MR) is 80.9 cm³/mol. The second kappa shape index (κ2) is 6.71. The summed E-state index contributed by atoms with van der Waals surface area (Å²) in [5.41, 5.74) is 1.89. The minimum Gasteiger partial charge on any atom is -0.223 e. The average Bonchev–Trinajstić information content (AvgIpc) is 2.39. The second-order valence-electron chi connectivity index (χ2n) is 4.88. The minimum atomic E-state index is -3.35. The van der Waals surface area contributed by atoms with Crippen LogP contribution in [0.5, 0.6) is 0 Å². The Morgan fingerprint density at radius 1 is 1.26 bits per heavy atom. The zero-order valence-electron chi connectivity index (χ0n) is 11.9. The van der Waals surface area contributed by atoms with Crippen LogP contribution >= 0.6 is 0 Å². The third-order valence-corrected chi connectivity index (χ3v) is 5.30. The predicted octanol–water partition coefficient (Wildman–Crippen LogP) is 4.15. The van der Waals surface area contributed by atoms with Crippen molar-refractivity contribution in [3.05, 3.63) is 54.1 Å². The van der Waals surface area contributed by atoms with E-state index in [4.69, 9.17) is 0 Å². The molecule has 0 amide bonds. The van der Waals surface area contributed by atoms with Crippen LogP contribution in [0.3, 0.4) is 0 Å². The summed E-state index contributed by atoms with van der Waals surface area (Å²) >= 11 is 0. The van der Waals surface area contributed by atoms with E-state index in [2.05, 4.69) is 6.58 Å². The van der Waals surface area contributed by atoms with Gasteiger partial charge in [0.15, 0.2) is 9.84 Å². The summed E-state index contributed by atoms with van der Waals surface area (Å²) in [6.45, 7) is 9.82. The van der Waals surface area contributed by atoms with Crippen molar-refractivity contribution in [2.75, 3.05) is 0 Å². The molecule has 104 valence electrons. The standard InChI is InChI=1S/C16H22O2S/c1-5-14(4)16(12-11-13(2)3)19(17,18)15-9-7-6-8-10-15/h6-11,16H,4-5,12H2,1-3H3. The molecule has 0 aromatic heterocycles. The van der Waals surface area contributed by atoms with E-state index in [0.29, 0.717) is 17.7 Å². The van der Waals surface area contributed by atoms with E-state index in [9.17, 15) is 8.42 Å². The van der Waals surface area contributed by atoms with Gasteiger partial charge in [0.05, 0.1) is 10.1 Å². The van der Waals surface area contributed by atoms with Gasteiger partial charge in [-0.3, -0.25) is 0 Å². The van der Waals surface area contributed by atoms with Gasteiger partial charge in [0.2, 0.25) is 0 Å². The number of hydrogen-bond acceptors (Lipinski definition) is 2. The Morgan fingerprint density at radius 3 is 2.32 bits per heavy atom. The molecule has 0 N–H and O–H groups in total. The lowest BCUT2D eigenvalue weighted by molar-refractivity contribution is 0.585. The smallest absolute Gasteiger partial charge is 0.185 e. The van der Waals surface area contributed by atoms with Crippen molar-refractivity contribution < 1.29 is 8.42 Å². The molecular formula is C16H22O2S. The Morgan fingerprint density at radius 2 is 1.84 bits per heavy atom. The number of allylic oxidation sites excluding steroid dienone is 2. The summed E-state index contributed by atoms with van der Waals surface area (Å²) in [6.07, 6.45) is 3.13. The first kappa shape index (κ1) is 15.7. The Balaban J connectivity index is 3.17. The number of rotatable bonds is 6. The Labute approximate surface area is 116 Å². The molecule has 19 heavy (non-hydrogen) atoms. The van der Waals surface area contributed by atoms with Crippen LogP contribution in [0.1, 0.15) is 33.6 Å². The minimum absolute atomic E-state index is 0.372. The highest BCUT2D eigenvalue weighted by atomic mass is 32.2. The molecular weight excluding hydrogens is 256 g/mol. The first-order valence-corrected chi connectivity index (χ1v) is 8.04. The fraction of sp³-hybridized carbons (Fsp3) is 0.375. The molecule has 1 unspecified atom stereocenters. The molecule has 0 heterocycles. The summed E-state index contributed by atoms with van der Waals surface area (Å²) in [4.78, 5) is 0.372. The van der Waals surface area contributed by atoms with E-state index in [1.807, 2.05) is 32.9 Å². The van der Waals surface area contributed by atoms with Crippen molar-refractivity contribution in [3.63, 3.8) is 0 Å². The zero-order chi connectivity index (χ0) is 14.5. The van der Waals surface area contributed by atoms with E-state index < -0.39 is 15.1 Å². The lowest BCUT2D eigenvalue weighted by Crippen LogP contribution is -2.23. The maximum atomic E-state index is 12.7. The van der Waals surface area contributed by atoms with Gasteiger partial charge in [-0.1, -0.05) is 48.9 Å². The van der Waals surface area contributed by atoms with E-state index in [1.165, 1.54) is 0 Å². The van der Waals surface area contributed by atoms with Gasteiger partial charge in [0, 0.05) is 0 Å². The molecule has 0 fully saturated rings. The van der Waals surface area contributed by atoms with Crippen molar-refractivity contribution in [2.24, 2.45) is 0 Å². The Bertz CT molecular complexity index is 550. The highest BCUT2D eigenvalue weighted by Gasteiger charge is 2.27. The molecule has 1 atom stereocenters. The molecule has 0 aliphatic carbocycles. The van der Waals surface area contributed by atoms with E-state index in [0.717, 1.165) is 11.1 Å². The molecule has 1 aromatic rings. The van der Waals surface area contributed by atoms with Crippen LogP contribution in [-0.4, -0.2) is 13.7 Å². The summed E-state index contributed by atoms with van der Waals surface area (Å²) in [5, 5.41) is -0.533. The van der Waals surface area contributed by atoms with Crippen molar-refractivity contribution in [1.29, 1.82) is 0 Å². The van der Waals surface area contributed by atoms with Gasteiger partial charge < -0.3 is 0 Å². The van der Waals surface area contributed by atoms with Crippen LogP contribution in [0, 0.1) is 0 Å². The third kappa shape index (κ3) is 4.06. The lowest BCUT2D eigenvalue weighted by Gasteiger charge is -2.18. The highest BCUT2D eigenvalue weighted by Crippen LogP contribution is 2.25. The van der Waals surface area contributed by atoms with Gasteiger partial charge >= 0.3 is 0 Å². The first-order valence-electron chi connectivity index (χ1n) is 6.49. The van der Waals surface area contributed by atoms with Gasteiger partial charge in [-0.15, -0.1) is 0 Å². The normalized spacial score (nSPS) is 12.8. The van der Waals surface area contributed by atoms with E-state index in [-0.39, 0.29) is 0 Å². The average molecular weight is 278 g/mol. The van der Waals surface area contributed by atoms with Crippen LogP contribution in [0.25, 0.3) is 0 Å². The maximum absolute atomic E-state index is 12.7. The number of hydrogen-bond donors (Lipinski definition) is 0. The molecule has 0 saturated heterocycles. The topological polar surface area (TPSA) is 34.1 Å². The highest BCUT2D eigenvalue weighted by molar-refractivity contribution is 7.92. The molecule has 0 radical (unpaired) electrons. The van der Waals surface area contributed by atoms with Gasteiger partial charge in [0.25, 0.3) is 0 Å². The molecule has 0 spiro atoms. The summed E-state index contributed by atoms with van der Waals surface area (Å²) in [7, 11) is -3.35. The van der Waals surface area contributed by atoms with E-state index >= 15 is 0 Å². The third-order valence-electron chi connectivity index (χ3n) is 3.10. The monoisotopic (exact) mass is 278 g/mol. The van der Waals surface area contributed by atoms with Gasteiger partial charge in [0.1, 0.15) is 0 Å². The molecule has 1 rings (SSSR count). The summed E-state index contributed by atoms with van der Waals surface area (Å²) in [5.74, 6) is 0. The Hall–Kier alpha value is -1.35. The second-order valence-corrected chi connectivity index (χ2v) is 7.01. The van der Waals surface area contributed by atoms with Crippen LogP contribution in [-0.2, 0) is 9.84 Å². The number of benzene rings is 1. The molecule has 3 heteroatoms. The molecule has 2 nitrogen and oxygen atoms in total. The molecule has 1 aromatic carbocycles. The summed E-state index contributed by atoms with van der Waals surface area (Å²) in [6, 6.07) is 8.61. The fourth-order valence-corrected chi connectivity index (χ4v) is 3.68. The van der Waals surface area contributed by atoms with Crippen LogP contribution in [0.15, 0.2) is 59.0 Å². The quantitative estimate of drug-likeness (QED) is 0.732. The van der Waals surface area contributed by atoms with E-state index in [1.54, 1.807) is 24.3 Å². The Kier molecular flexibility index (Phi) is 5.55. The van der Waals surface area contributed by atoms with Crippen LogP contribution < -0.4 is 0 Å². The zero-order valence-corrected chi connectivity index (χ0v) is 12.7. The van der Waals surface area contributed by atoms with Gasteiger partial charge in [-0.25, -0.2) is 8.42 Å². The van der Waals surface area contributed by atoms with Crippen LogP contribution in [0.2, 0.25) is 0 Å². The largest absolute Gasteiger partial charge is 0.223 e. The first-order chi connectivity index (χ1) is 8.89. The van der Waals surface area contributed by atoms with Crippen molar-refractivity contribution in [2.45, 2.75) is 43.8 Å². The molecule has 0 aliphatic heterocycles. The summed E-state index contributed by atoms with van der Waals surface area (Å²) < 4.78 is 25.3. The van der Waals surface area contributed by atoms with Gasteiger partial charge in [-0.2, -0.15) is 0 Å². The molecule has 0 aliphatic rings. The van der Waals surface area contributed by atoms with Gasteiger partial charge in [-0.05, 0) is 38.8 Å². The van der Waals surface area contributed by atoms with Crippen LogP contribution in [0.4, 0.5) is 0 Å². The molecule has 0 saturated carbocycles. The van der Waals surface area contributed by atoms with Crippen molar-refractivity contribution in [3.8, 4) is 0 Å². The maximum Gasteiger partial charge on any atom is 0.185 e. The lowest BCUT2D eigenvalue weighted by atomic mass is 10.1. The molecule has 0 bridgehead atoms. The van der Waals surface area contributed by atoms with Crippen molar-refractivity contribution >= 4 is 9.84 Å². The van der Waals surface area contributed by atoms with Crippen molar-refractivity contribution in [1.82, 2.24) is 0 Å². The SMILES string of the molecule is C=C(CC)C(CC=C(C)C)S(=O)(=O)c1ccccc1. The fourth-order valence-electron chi connectivity index (χ4n) is 1.86. The number of sulfone groups is 1.